The molecule has 38 heavy (non-hydrogen) atoms. The maximum atomic E-state index is 13.0. The molecule has 0 bridgehead atoms. The fraction of sp³-hybridized carbons (Fsp3) is 0.600. The predicted molar refractivity (Wildman–Crippen MR) is 153 cm³/mol. The molecule has 8 nitrogen and oxygen atoms in total. The van der Waals surface area contributed by atoms with Crippen molar-refractivity contribution < 1.29 is 14.6 Å². The molecule has 0 saturated carbocycles. The summed E-state index contributed by atoms with van der Waals surface area (Å²) in [7, 11) is 0. The molecule has 2 heterocycles. The second kappa shape index (κ2) is 14.5. The lowest BCUT2D eigenvalue weighted by Gasteiger charge is -2.36. The zero-order chi connectivity index (χ0) is 26.7. The van der Waals surface area contributed by atoms with Crippen LogP contribution in [0.1, 0.15) is 51.5 Å². The Morgan fingerprint density at radius 1 is 1.24 bits per heavy atom. The van der Waals surface area contributed by atoms with Crippen molar-refractivity contribution >= 4 is 17.7 Å². The molecule has 1 fully saturated rings. The highest BCUT2D eigenvalue weighted by molar-refractivity contribution is 5.81. The number of aliphatic hydroxyl groups is 1. The predicted octanol–water partition coefficient (Wildman–Crippen LogP) is 3.25. The van der Waals surface area contributed by atoms with Crippen LogP contribution >= 0.6 is 0 Å². The maximum Gasteiger partial charge on any atom is 0.226 e. The highest BCUT2D eigenvalue weighted by Gasteiger charge is 2.28. The highest BCUT2D eigenvalue weighted by Crippen LogP contribution is 2.32. The van der Waals surface area contributed by atoms with Gasteiger partial charge in [0.25, 0.3) is 0 Å². The number of carbonyl (C=O) groups excluding carboxylic acids is 1. The molecule has 2 aliphatic heterocycles. The first-order valence-corrected chi connectivity index (χ1v) is 14.3. The first-order valence-electron chi connectivity index (χ1n) is 14.3. The van der Waals surface area contributed by atoms with Crippen LogP contribution in [0.2, 0.25) is 0 Å². The Labute approximate surface area is 227 Å². The summed E-state index contributed by atoms with van der Waals surface area (Å²) in [5.41, 5.74) is 3.77. The van der Waals surface area contributed by atoms with Gasteiger partial charge in [0.2, 0.25) is 5.91 Å². The molecule has 8 heteroatoms. The van der Waals surface area contributed by atoms with Crippen LogP contribution in [0.5, 0.6) is 5.75 Å². The monoisotopic (exact) mass is 523 g/mol. The maximum absolute atomic E-state index is 13.0. The highest BCUT2D eigenvalue weighted by atomic mass is 16.5. The molecule has 1 amide bonds. The van der Waals surface area contributed by atoms with Gasteiger partial charge in [-0.25, -0.2) is 0 Å². The number of nitrogens with one attached hydrogen (secondary N) is 2. The number of aliphatic hydroxyl groups excluding tert-OH is 1. The molecule has 0 aromatic heterocycles. The SMILES string of the molecule is CCC1=CNC(NCCC(C)COc2ccc(C3=CCC(C(=O)N4CCN(CCO)CC4)CC3)cc2)N=C1. The Kier molecular flexibility index (Phi) is 10.8. The van der Waals surface area contributed by atoms with Crippen molar-refractivity contribution in [1.29, 1.82) is 0 Å². The number of rotatable bonds is 12. The van der Waals surface area contributed by atoms with Crippen molar-refractivity contribution in [2.75, 3.05) is 52.5 Å². The average Bonchev–Trinajstić information content (AvgIpc) is 2.97. The molecule has 3 unspecified atom stereocenters. The summed E-state index contributed by atoms with van der Waals surface area (Å²) in [5.74, 6) is 1.72. The van der Waals surface area contributed by atoms with Gasteiger partial charge in [-0.1, -0.05) is 32.1 Å². The van der Waals surface area contributed by atoms with E-state index in [-0.39, 0.29) is 18.8 Å². The third-order valence-corrected chi connectivity index (χ3v) is 7.82. The molecule has 1 aromatic rings. The first-order chi connectivity index (χ1) is 18.6. The van der Waals surface area contributed by atoms with Gasteiger partial charge in [0.1, 0.15) is 5.75 Å². The van der Waals surface area contributed by atoms with Gasteiger partial charge in [0.05, 0.1) is 13.2 Å². The zero-order valence-electron chi connectivity index (χ0n) is 23.1. The van der Waals surface area contributed by atoms with Gasteiger partial charge in [-0.05, 0) is 73.4 Å². The Hall–Kier alpha value is -2.68. The topological polar surface area (TPSA) is 89.4 Å². The number of hydrogen-bond donors (Lipinski definition) is 3. The van der Waals surface area contributed by atoms with Crippen molar-refractivity contribution in [1.82, 2.24) is 20.4 Å². The van der Waals surface area contributed by atoms with Crippen LogP contribution in [-0.2, 0) is 4.79 Å². The smallest absolute Gasteiger partial charge is 0.226 e. The van der Waals surface area contributed by atoms with E-state index in [0.29, 0.717) is 25.0 Å². The molecular weight excluding hydrogens is 478 g/mol. The van der Waals surface area contributed by atoms with Gasteiger partial charge in [-0.15, -0.1) is 0 Å². The third-order valence-electron chi connectivity index (χ3n) is 7.82. The Balaban J connectivity index is 1.15. The number of piperazine rings is 1. The van der Waals surface area contributed by atoms with Crippen molar-refractivity contribution in [2.24, 2.45) is 16.8 Å². The number of amides is 1. The number of hydrogen-bond acceptors (Lipinski definition) is 7. The van der Waals surface area contributed by atoms with Crippen molar-refractivity contribution in [2.45, 2.75) is 52.2 Å². The van der Waals surface area contributed by atoms with Crippen LogP contribution in [0.4, 0.5) is 0 Å². The summed E-state index contributed by atoms with van der Waals surface area (Å²) in [6.07, 6.45) is 10.8. The van der Waals surface area contributed by atoms with E-state index >= 15 is 0 Å². The second-order valence-electron chi connectivity index (χ2n) is 10.7. The standard InChI is InChI=1S/C30H45N5O3/c1-3-24-20-32-30(33-21-24)31-13-12-23(2)22-38-28-10-8-26(9-11-28)25-4-6-27(7-5-25)29(37)35-16-14-34(15-17-35)18-19-36/h4,8-11,20-21,23,27,30-32,36H,3,5-7,12-19,22H2,1-2H3. The third kappa shape index (κ3) is 8.16. The van der Waals surface area contributed by atoms with E-state index in [4.69, 9.17) is 9.84 Å². The number of benzene rings is 1. The molecule has 0 radical (unpaired) electrons. The lowest BCUT2D eigenvalue weighted by atomic mass is 9.85. The van der Waals surface area contributed by atoms with Gasteiger partial charge in [0.15, 0.2) is 6.29 Å². The molecule has 0 spiro atoms. The molecule has 208 valence electrons. The van der Waals surface area contributed by atoms with E-state index in [1.54, 1.807) is 0 Å². The lowest BCUT2D eigenvalue weighted by Crippen LogP contribution is -2.50. The Bertz CT molecular complexity index is 982. The molecule has 3 aliphatic rings. The molecule has 3 N–H and O–H groups in total. The van der Waals surface area contributed by atoms with Gasteiger partial charge in [-0.3, -0.25) is 20.0 Å². The fourth-order valence-corrected chi connectivity index (χ4v) is 5.21. The molecule has 1 saturated heterocycles. The van der Waals surface area contributed by atoms with Crippen LogP contribution in [0, 0.1) is 11.8 Å². The summed E-state index contributed by atoms with van der Waals surface area (Å²) >= 11 is 0. The number of carbonyl (C=O) groups is 1. The van der Waals surface area contributed by atoms with Crippen LogP contribution in [-0.4, -0.2) is 85.8 Å². The Morgan fingerprint density at radius 3 is 2.66 bits per heavy atom. The minimum Gasteiger partial charge on any atom is -0.493 e. The van der Waals surface area contributed by atoms with E-state index in [1.807, 2.05) is 17.3 Å². The normalized spacial score (nSPS) is 22.9. The zero-order valence-corrected chi connectivity index (χ0v) is 23.1. The number of ether oxygens (including phenoxy) is 1. The van der Waals surface area contributed by atoms with E-state index < -0.39 is 0 Å². The quantitative estimate of drug-likeness (QED) is 0.390. The minimum absolute atomic E-state index is 0.0402. The van der Waals surface area contributed by atoms with Gasteiger partial charge in [0, 0.05) is 51.1 Å². The first kappa shape index (κ1) is 28.3. The summed E-state index contributed by atoms with van der Waals surface area (Å²) in [4.78, 5) is 21.7. The summed E-state index contributed by atoms with van der Waals surface area (Å²) in [6, 6.07) is 8.40. The summed E-state index contributed by atoms with van der Waals surface area (Å²) in [5, 5.41) is 15.8. The molecule has 3 atom stereocenters. The number of β-amino-alcohol motifs (C(OH)–C–C–N with tert-alkyl or cyclic N) is 1. The molecule has 4 rings (SSSR count). The van der Waals surface area contributed by atoms with Gasteiger partial charge in [-0.2, -0.15) is 0 Å². The number of nitrogens with zero attached hydrogens (tertiary/aromatic N) is 3. The average molecular weight is 524 g/mol. The van der Waals surface area contributed by atoms with E-state index in [1.165, 1.54) is 16.7 Å². The molecule has 1 aromatic carbocycles. The largest absolute Gasteiger partial charge is 0.493 e. The second-order valence-corrected chi connectivity index (χ2v) is 10.7. The van der Waals surface area contributed by atoms with E-state index in [0.717, 1.165) is 70.6 Å². The molecule has 1 aliphatic carbocycles. The van der Waals surface area contributed by atoms with Crippen molar-refractivity contribution in [3.05, 3.63) is 47.7 Å². The van der Waals surface area contributed by atoms with Gasteiger partial charge >= 0.3 is 0 Å². The minimum atomic E-state index is -0.0402. The van der Waals surface area contributed by atoms with Crippen LogP contribution in [0.25, 0.3) is 5.57 Å². The van der Waals surface area contributed by atoms with Crippen molar-refractivity contribution in [3.8, 4) is 5.75 Å². The van der Waals surface area contributed by atoms with Crippen molar-refractivity contribution in [3.63, 3.8) is 0 Å². The van der Waals surface area contributed by atoms with Crippen LogP contribution in [0.15, 0.2) is 47.1 Å². The van der Waals surface area contributed by atoms with Gasteiger partial charge < -0.3 is 20.1 Å². The number of allylic oxidation sites excluding steroid dienone is 3. The van der Waals surface area contributed by atoms with E-state index in [9.17, 15) is 4.79 Å². The fourth-order valence-electron chi connectivity index (χ4n) is 5.21. The van der Waals surface area contributed by atoms with Crippen LogP contribution in [0.3, 0.4) is 0 Å². The lowest BCUT2D eigenvalue weighted by molar-refractivity contribution is -0.137. The molecular formula is C30H45N5O3. The number of aliphatic imine (C=N–C) groups is 1. The van der Waals surface area contributed by atoms with E-state index in [2.05, 4.69) is 64.7 Å². The summed E-state index contributed by atoms with van der Waals surface area (Å²) < 4.78 is 6.05. The Morgan fingerprint density at radius 2 is 2.03 bits per heavy atom. The van der Waals surface area contributed by atoms with Crippen LogP contribution < -0.4 is 15.4 Å². The summed E-state index contributed by atoms with van der Waals surface area (Å²) in [6.45, 7) is 10.0.